The molecule has 2 amide bonds. The van der Waals surface area contributed by atoms with Gasteiger partial charge in [-0.2, -0.15) is 13.2 Å². The van der Waals surface area contributed by atoms with E-state index in [1.165, 1.54) is 4.90 Å². The first-order chi connectivity index (χ1) is 14.9. The largest absolute Gasteiger partial charge is 0.435 e. The first-order valence-corrected chi connectivity index (χ1v) is 10.1. The van der Waals surface area contributed by atoms with E-state index in [1.807, 2.05) is 20.8 Å². The Balaban J connectivity index is 2.12. The number of ether oxygens (including phenoxy) is 1. The van der Waals surface area contributed by atoms with Gasteiger partial charge < -0.3 is 9.64 Å². The molecule has 0 unspecified atom stereocenters. The lowest BCUT2D eigenvalue weighted by Gasteiger charge is -2.30. The smallest absolute Gasteiger partial charge is 0.378 e. The number of hydrazine groups is 1. The molecule has 2 heterocycles. The zero-order valence-corrected chi connectivity index (χ0v) is 18.3. The summed E-state index contributed by atoms with van der Waals surface area (Å²) in [4.78, 5) is 32.2. The number of alkyl halides is 3. The van der Waals surface area contributed by atoms with Gasteiger partial charge in [-0.25, -0.2) is 15.0 Å². The van der Waals surface area contributed by atoms with E-state index in [2.05, 4.69) is 20.8 Å². The average Bonchev–Trinajstić information content (AvgIpc) is 2.73. The molecule has 180 valence electrons. The van der Waals surface area contributed by atoms with Gasteiger partial charge in [-0.1, -0.05) is 20.8 Å². The summed E-state index contributed by atoms with van der Waals surface area (Å²) in [5.41, 5.74) is 3.18. The third-order valence-electron chi connectivity index (χ3n) is 4.83. The topological polar surface area (TPSA) is 120 Å². The van der Waals surface area contributed by atoms with Crippen molar-refractivity contribution in [3.63, 3.8) is 0 Å². The molecule has 1 aromatic heterocycles. The monoisotopic (exact) mass is 462 g/mol. The Morgan fingerprint density at radius 2 is 2.00 bits per heavy atom. The Morgan fingerprint density at radius 1 is 1.34 bits per heavy atom. The van der Waals surface area contributed by atoms with Crippen LogP contribution in [0.4, 0.5) is 24.8 Å². The highest BCUT2D eigenvalue weighted by molar-refractivity contribution is 5.80. The van der Waals surface area contributed by atoms with Gasteiger partial charge in [-0.15, -0.1) is 0 Å². The second-order valence-corrected chi connectivity index (χ2v) is 8.66. The van der Waals surface area contributed by atoms with Crippen molar-refractivity contribution in [1.82, 2.24) is 20.5 Å². The van der Waals surface area contributed by atoms with Crippen molar-refractivity contribution in [3.8, 4) is 0 Å². The molecule has 1 fully saturated rings. The Kier molecular flexibility index (Phi) is 8.61. The molecule has 1 aliphatic rings. The zero-order valence-electron chi connectivity index (χ0n) is 18.3. The first kappa shape index (κ1) is 25.6. The van der Waals surface area contributed by atoms with Crippen LogP contribution in [0.2, 0.25) is 0 Å². The predicted octanol–water partition coefficient (Wildman–Crippen LogP) is 2.07. The Bertz CT molecular complexity index is 781. The number of carbonyl (C=O) groups is 2. The van der Waals surface area contributed by atoms with Crippen LogP contribution >= 0.6 is 0 Å². The number of anilines is 2. The van der Waals surface area contributed by atoms with Gasteiger partial charge in [0.2, 0.25) is 18.3 Å². The van der Waals surface area contributed by atoms with Gasteiger partial charge in [0.25, 0.3) is 0 Å². The summed E-state index contributed by atoms with van der Waals surface area (Å²) in [6.45, 7) is 6.80. The van der Waals surface area contributed by atoms with Crippen LogP contribution in [-0.2, 0) is 20.5 Å². The number of rotatable bonds is 9. The molecule has 0 spiro atoms. The number of nitrogens with one attached hydrogen (secondary N) is 2. The summed E-state index contributed by atoms with van der Waals surface area (Å²) in [5.74, 6) is -1.86. The SMILES string of the molecule is CC(C)(C)CC[C@H](CN(O)C=O)C(=O)NNc1ncc(N2CCOCC2)c(C(F)(F)F)n1. The molecule has 2 rings (SSSR count). The number of aromatic nitrogens is 2. The molecule has 0 aliphatic carbocycles. The quantitative estimate of drug-likeness (QED) is 0.290. The summed E-state index contributed by atoms with van der Waals surface area (Å²) in [6.07, 6.45) is -2.55. The Hall–Kier alpha value is -2.67. The predicted molar refractivity (Wildman–Crippen MR) is 109 cm³/mol. The molecule has 1 aromatic rings. The average molecular weight is 462 g/mol. The molecular weight excluding hydrogens is 433 g/mol. The van der Waals surface area contributed by atoms with Gasteiger partial charge >= 0.3 is 6.18 Å². The van der Waals surface area contributed by atoms with Crippen molar-refractivity contribution in [2.45, 2.75) is 39.8 Å². The summed E-state index contributed by atoms with van der Waals surface area (Å²) in [5, 5.41) is 9.82. The van der Waals surface area contributed by atoms with E-state index in [4.69, 9.17) is 4.74 Å². The molecule has 3 N–H and O–H groups in total. The normalized spacial score (nSPS) is 15.8. The van der Waals surface area contributed by atoms with Crippen molar-refractivity contribution in [3.05, 3.63) is 11.9 Å². The molecule has 0 bridgehead atoms. The fraction of sp³-hybridized carbons (Fsp3) is 0.684. The second kappa shape index (κ2) is 10.8. The lowest BCUT2D eigenvalue weighted by Crippen LogP contribution is -2.41. The number of nitrogens with zero attached hydrogens (tertiary/aromatic N) is 4. The molecule has 0 saturated carbocycles. The van der Waals surface area contributed by atoms with E-state index < -0.39 is 29.6 Å². The summed E-state index contributed by atoms with van der Waals surface area (Å²) in [7, 11) is 0. The van der Waals surface area contributed by atoms with Gasteiger partial charge in [0, 0.05) is 13.1 Å². The van der Waals surface area contributed by atoms with Crippen LogP contribution in [0.1, 0.15) is 39.3 Å². The standard InChI is InChI=1S/C19H29F3N6O4/c1-18(2,3)5-4-13(11-28(31)12-29)16(30)25-26-17-23-10-14(15(24-17)19(20,21)22)27-6-8-32-9-7-27/h10,12-13,31H,4-9,11H2,1-3H3,(H,25,30)(H,23,24,26)/t13-/m1/s1. The van der Waals surface area contributed by atoms with Crippen molar-refractivity contribution in [1.29, 1.82) is 0 Å². The van der Waals surface area contributed by atoms with Gasteiger partial charge in [-0.05, 0) is 18.3 Å². The molecule has 1 atom stereocenters. The third kappa shape index (κ3) is 7.79. The molecule has 13 heteroatoms. The van der Waals surface area contributed by atoms with E-state index in [9.17, 15) is 28.0 Å². The van der Waals surface area contributed by atoms with Gasteiger partial charge in [-0.3, -0.25) is 25.6 Å². The number of carbonyl (C=O) groups excluding carboxylic acids is 2. The highest BCUT2D eigenvalue weighted by Crippen LogP contribution is 2.35. The lowest BCUT2D eigenvalue weighted by molar-refractivity contribution is -0.154. The molecule has 0 aromatic carbocycles. The lowest BCUT2D eigenvalue weighted by atomic mass is 9.86. The second-order valence-electron chi connectivity index (χ2n) is 8.66. The van der Waals surface area contributed by atoms with Crippen molar-refractivity contribution in [2.75, 3.05) is 43.2 Å². The maximum absolute atomic E-state index is 13.6. The van der Waals surface area contributed by atoms with E-state index >= 15 is 0 Å². The number of morpholine rings is 1. The maximum atomic E-state index is 13.6. The van der Waals surface area contributed by atoms with Gasteiger partial charge in [0.1, 0.15) is 0 Å². The van der Waals surface area contributed by atoms with Crippen LogP contribution < -0.4 is 15.8 Å². The number of hydroxylamine groups is 2. The third-order valence-corrected chi connectivity index (χ3v) is 4.83. The van der Waals surface area contributed by atoms with Crippen LogP contribution in [0.3, 0.4) is 0 Å². The minimum absolute atomic E-state index is 0.104. The summed E-state index contributed by atoms with van der Waals surface area (Å²) in [6, 6.07) is 0. The highest BCUT2D eigenvalue weighted by Gasteiger charge is 2.38. The van der Waals surface area contributed by atoms with E-state index in [-0.39, 0.29) is 37.1 Å². The molecule has 10 nitrogen and oxygen atoms in total. The number of hydrogen-bond acceptors (Lipinski definition) is 8. The number of amides is 2. The molecular formula is C19H29F3N6O4. The van der Waals surface area contributed by atoms with Crippen LogP contribution in [0.15, 0.2) is 6.20 Å². The van der Waals surface area contributed by atoms with Crippen molar-refractivity contribution < 1.29 is 32.7 Å². The number of hydrogen-bond donors (Lipinski definition) is 3. The molecule has 1 aliphatic heterocycles. The van der Waals surface area contributed by atoms with Crippen LogP contribution in [0.25, 0.3) is 0 Å². The minimum atomic E-state index is -4.73. The van der Waals surface area contributed by atoms with E-state index in [0.29, 0.717) is 31.1 Å². The summed E-state index contributed by atoms with van der Waals surface area (Å²) >= 11 is 0. The first-order valence-electron chi connectivity index (χ1n) is 10.1. The Labute approximate surface area is 184 Å². The van der Waals surface area contributed by atoms with E-state index in [1.54, 1.807) is 0 Å². The zero-order chi connectivity index (χ0) is 23.9. The molecule has 32 heavy (non-hydrogen) atoms. The molecule has 0 radical (unpaired) electrons. The number of halogens is 3. The Morgan fingerprint density at radius 3 is 2.56 bits per heavy atom. The van der Waals surface area contributed by atoms with Crippen molar-refractivity contribution >= 4 is 24.0 Å². The summed E-state index contributed by atoms with van der Waals surface area (Å²) < 4.78 is 45.9. The van der Waals surface area contributed by atoms with Gasteiger partial charge in [0.05, 0.1) is 37.6 Å². The van der Waals surface area contributed by atoms with Crippen LogP contribution in [0, 0.1) is 11.3 Å². The van der Waals surface area contributed by atoms with Crippen molar-refractivity contribution in [2.24, 2.45) is 11.3 Å². The maximum Gasteiger partial charge on any atom is 0.435 e. The molecule has 1 saturated heterocycles. The van der Waals surface area contributed by atoms with E-state index in [0.717, 1.165) is 6.20 Å². The highest BCUT2D eigenvalue weighted by atomic mass is 19.4. The van der Waals surface area contributed by atoms with Crippen LogP contribution in [0.5, 0.6) is 0 Å². The minimum Gasteiger partial charge on any atom is -0.378 e. The van der Waals surface area contributed by atoms with Crippen LogP contribution in [-0.4, -0.2) is 65.4 Å². The fourth-order valence-electron chi connectivity index (χ4n) is 3.08. The fourth-order valence-corrected chi connectivity index (χ4v) is 3.08. The van der Waals surface area contributed by atoms with Gasteiger partial charge in [0.15, 0.2) is 5.69 Å².